The first-order valence-electron chi connectivity index (χ1n) is 5.55. The summed E-state index contributed by atoms with van der Waals surface area (Å²) in [6.07, 6.45) is 2.34. The highest BCUT2D eigenvalue weighted by molar-refractivity contribution is 7.91. The SMILES string of the molecule is Cc1ccnc(N(C)C2CCS(=O)(=O)C2)c1N. The average molecular weight is 255 g/mol. The number of aryl methyl sites for hydroxylation is 1. The fraction of sp³-hybridized carbons (Fsp3) is 0.545. The van der Waals surface area contributed by atoms with Crippen molar-refractivity contribution in [2.24, 2.45) is 0 Å². The zero-order valence-electron chi connectivity index (χ0n) is 10.0. The second-order valence-corrected chi connectivity index (χ2v) is 6.76. The molecule has 2 N–H and O–H groups in total. The van der Waals surface area contributed by atoms with Crippen molar-refractivity contribution in [2.45, 2.75) is 19.4 Å². The second kappa shape index (κ2) is 4.18. The molecule has 0 bridgehead atoms. The molecule has 0 aromatic carbocycles. The van der Waals surface area contributed by atoms with Crippen LogP contribution in [0.5, 0.6) is 0 Å². The second-order valence-electron chi connectivity index (χ2n) is 4.53. The minimum Gasteiger partial charge on any atom is -0.396 e. The van der Waals surface area contributed by atoms with Gasteiger partial charge in [0, 0.05) is 19.3 Å². The van der Waals surface area contributed by atoms with Gasteiger partial charge in [-0.2, -0.15) is 0 Å². The third-order valence-electron chi connectivity index (χ3n) is 3.28. The topological polar surface area (TPSA) is 76.3 Å². The van der Waals surface area contributed by atoms with E-state index in [2.05, 4.69) is 4.98 Å². The van der Waals surface area contributed by atoms with Gasteiger partial charge in [0.25, 0.3) is 0 Å². The van der Waals surface area contributed by atoms with Crippen LogP contribution in [0.1, 0.15) is 12.0 Å². The molecular formula is C11H17N3O2S. The van der Waals surface area contributed by atoms with E-state index >= 15 is 0 Å². The highest BCUT2D eigenvalue weighted by Gasteiger charge is 2.31. The average Bonchev–Trinajstić information content (AvgIpc) is 2.62. The molecule has 0 amide bonds. The smallest absolute Gasteiger partial charge is 0.152 e. The molecule has 1 unspecified atom stereocenters. The van der Waals surface area contributed by atoms with Crippen molar-refractivity contribution in [3.63, 3.8) is 0 Å². The molecule has 0 radical (unpaired) electrons. The minimum atomic E-state index is -2.88. The highest BCUT2D eigenvalue weighted by atomic mass is 32.2. The zero-order chi connectivity index (χ0) is 12.6. The Balaban J connectivity index is 2.26. The highest BCUT2D eigenvalue weighted by Crippen LogP contribution is 2.27. The molecule has 6 heteroatoms. The van der Waals surface area contributed by atoms with Crippen LogP contribution in [0.3, 0.4) is 0 Å². The van der Waals surface area contributed by atoms with Gasteiger partial charge in [0.15, 0.2) is 15.7 Å². The summed E-state index contributed by atoms with van der Waals surface area (Å²) in [5.74, 6) is 1.12. The van der Waals surface area contributed by atoms with Gasteiger partial charge in [-0.25, -0.2) is 13.4 Å². The van der Waals surface area contributed by atoms with Crippen LogP contribution in [0.25, 0.3) is 0 Å². The van der Waals surface area contributed by atoms with E-state index < -0.39 is 9.84 Å². The maximum Gasteiger partial charge on any atom is 0.152 e. The summed E-state index contributed by atoms with van der Waals surface area (Å²) in [5, 5.41) is 0. The summed E-state index contributed by atoms with van der Waals surface area (Å²) in [6, 6.07) is 1.83. The van der Waals surface area contributed by atoms with Gasteiger partial charge in [0.2, 0.25) is 0 Å². The van der Waals surface area contributed by atoms with E-state index in [1.807, 2.05) is 24.9 Å². The maximum absolute atomic E-state index is 11.5. The molecule has 1 saturated heterocycles. The molecule has 17 heavy (non-hydrogen) atoms. The van der Waals surface area contributed by atoms with Crippen LogP contribution in [-0.2, 0) is 9.84 Å². The normalized spacial score (nSPS) is 22.6. The standard InChI is InChI=1S/C11H17N3O2S/c1-8-3-5-13-11(10(8)12)14(2)9-4-6-17(15,16)7-9/h3,5,9H,4,6-7,12H2,1-2H3. The predicted molar refractivity (Wildman–Crippen MR) is 68.8 cm³/mol. The molecule has 0 saturated carbocycles. The molecule has 1 aliphatic rings. The lowest BCUT2D eigenvalue weighted by Gasteiger charge is -2.26. The van der Waals surface area contributed by atoms with E-state index in [9.17, 15) is 8.42 Å². The summed E-state index contributed by atoms with van der Waals surface area (Å²) in [4.78, 5) is 6.12. The number of nitrogens with zero attached hydrogens (tertiary/aromatic N) is 2. The summed E-state index contributed by atoms with van der Waals surface area (Å²) in [7, 11) is -1.03. The number of pyridine rings is 1. The van der Waals surface area contributed by atoms with E-state index in [1.165, 1.54) is 0 Å². The Morgan fingerprint density at radius 2 is 2.24 bits per heavy atom. The van der Waals surface area contributed by atoms with Crippen LogP contribution in [-0.4, -0.2) is 38.0 Å². The van der Waals surface area contributed by atoms with Crippen molar-refractivity contribution in [1.29, 1.82) is 0 Å². The number of sulfone groups is 1. The van der Waals surface area contributed by atoms with Crippen LogP contribution in [0.2, 0.25) is 0 Å². The number of aromatic nitrogens is 1. The van der Waals surface area contributed by atoms with E-state index in [1.54, 1.807) is 6.20 Å². The number of hydrogen-bond donors (Lipinski definition) is 1. The van der Waals surface area contributed by atoms with E-state index in [-0.39, 0.29) is 17.5 Å². The molecule has 1 fully saturated rings. The molecule has 5 nitrogen and oxygen atoms in total. The van der Waals surface area contributed by atoms with Gasteiger partial charge in [0.05, 0.1) is 17.2 Å². The van der Waals surface area contributed by atoms with Gasteiger partial charge in [-0.15, -0.1) is 0 Å². The minimum absolute atomic E-state index is 0.0170. The van der Waals surface area contributed by atoms with Crippen molar-refractivity contribution in [1.82, 2.24) is 4.98 Å². The molecule has 2 heterocycles. The van der Waals surface area contributed by atoms with Crippen LogP contribution in [0.15, 0.2) is 12.3 Å². The molecule has 0 aliphatic carbocycles. The summed E-state index contributed by atoms with van der Waals surface area (Å²) >= 11 is 0. The van der Waals surface area contributed by atoms with Crippen molar-refractivity contribution >= 4 is 21.3 Å². The van der Waals surface area contributed by atoms with Crippen LogP contribution in [0, 0.1) is 6.92 Å². The largest absolute Gasteiger partial charge is 0.396 e. The Labute approximate surface area is 102 Å². The van der Waals surface area contributed by atoms with E-state index in [0.717, 1.165) is 5.56 Å². The first-order valence-corrected chi connectivity index (χ1v) is 7.37. The fourth-order valence-corrected chi connectivity index (χ4v) is 3.86. The van der Waals surface area contributed by atoms with Crippen molar-refractivity contribution in [3.8, 4) is 0 Å². The summed E-state index contributed by atoms with van der Waals surface area (Å²) in [6.45, 7) is 1.92. The Morgan fingerprint density at radius 3 is 2.82 bits per heavy atom. The van der Waals surface area contributed by atoms with Gasteiger partial charge in [0.1, 0.15) is 0 Å². The molecule has 1 aromatic heterocycles. The Hall–Kier alpha value is -1.30. The third kappa shape index (κ3) is 2.36. The molecule has 1 aliphatic heterocycles. The predicted octanol–water partition coefficient (Wildman–Crippen LogP) is 0.596. The summed E-state index contributed by atoms with van der Waals surface area (Å²) in [5.41, 5.74) is 7.55. The van der Waals surface area contributed by atoms with Crippen molar-refractivity contribution < 1.29 is 8.42 Å². The van der Waals surface area contributed by atoms with E-state index in [0.29, 0.717) is 17.9 Å². The lowest BCUT2D eigenvalue weighted by molar-refractivity contribution is 0.600. The molecule has 1 atom stereocenters. The molecule has 1 aromatic rings. The fourth-order valence-electron chi connectivity index (χ4n) is 2.09. The monoisotopic (exact) mass is 255 g/mol. The van der Waals surface area contributed by atoms with Gasteiger partial charge >= 0.3 is 0 Å². The maximum atomic E-state index is 11.5. The Morgan fingerprint density at radius 1 is 1.53 bits per heavy atom. The van der Waals surface area contributed by atoms with Crippen LogP contribution < -0.4 is 10.6 Å². The first kappa shape index (κ1) is 12.2. The van der Waals surface area contributed by atoms with E-state index in [4.69, 9.17) is 5.73 Å². The van der Waals surface area contributed by atoms with Crippen molar-refractivity contribution in [3.05, 3.63) is 17.8 Å². The van der Waals surface area contributed by atoms with Gasteiger partial charge in [-0.05, 0) is 25.0 Å². The van der Waals surface area contributed by atoms with Crippen LogP contribution >= 0.6 is 0 Å². The number of anilines is 2. The Bertz CT molecular complexity index is 528. The first-order chi connectivity index (χ1) is 7.91. The number of hydrogen-bond acceptors (Lipinski definition) is 5. The third-order valence-corrected chi connectivity index (χ3v) is 5.03. The summed E-state index contributed by atoms with van der Waals surface area (Å²) < 4.78 is 22.9. The molecule has 0 spiro atoms. The lowest BCUT2D eigenvalue weighted by Crippen LogP contribution is -2.33. The van der Waals surface area contributed by atoms with Crippen molar-refractivity contribution in [2.75, 3.05) is 29.2 Å². The number of nitrogens with two attached hydrogens (primary N) is 1. The van der Waals surface area contributed by atoms with Gasteiger partial charge in [-0.1, -0.05) is 0 Å². The molecule has 2 rings (SSSR count). The lowest BCUT2D eigenvalue weighted by atomic mass is 10.2. The Kier molecular flexibility index (Phi) is 2.99. The number of rotatable bonds is 2. The quantitative estimate of drug-likeness (QED) is 0.837. The van der Waals surface area contributed by atoms with Gasteiger partial charge < -0.3 is 10.6 Å². The molecular weight excluding hydrogens is 238 g/mol. The van der Waals surface area contributed by atoms with Crippen LogP contribution in [0.4, 0.5) is 11.5 Å². The van der Waals surface area contributed by atoms with Gasteiger partial charge in [-0.3, -0.25) is 0 Å². The zero-order valence-corrected chi connectivity index (χ0v) is 10.9. The number of nitrogen functional groups attached to an aromatic ring is 1. The molecule has 94 valence electrons.